The first-order chi connectivity index (χ1) is 17.1. The summed E-state index contributed by atoms with van der Waals surface area (Å²) in [5.74, 6) is -10.5. The quantitative estimate of drug-likeness (QED) is 0.0953. The van der Waals surface area contributed by atoms with E-state index in [1.165, 1.54) is 19.2 Å². The summed E-state index contributed by atoms with van der Waals surface area (Å²) in [4.78, 5) is 0. The van der Waals surface area contributed by atoms with Crippen molar-refractivity contribution in [3.05, 3.63) is 46.0 Å². The molecule has 14 nitrogen and oxygen atoms in total. The molecule has 5 unspecified atom stereocenters. The number of ether oxygens (including phenoxy) is 3. The standard InChI is InChI=1S/C22H27ClO14/c1-35-20-15(26)11(7-24)36-19(18(20)29)12-14(25)10(13(23)17(28)16(12)27)6-8-2-4-9(5-3-8)37-22(33,34)21(30,31)32/h2-5,11,15,18-20,24-34H,6-7H2,1H3. The molecule has 0 saturated carbocycles. The number of phenols is 3. The van der Waals surface area contributed by atoms with Crippen LogP contribution in [-0.2, 0) is 15.9 Å². The molecule has 15 heteroatoms. The highest BCUT2D eigenvalue weighted by atomic mass is 35.5. The molecule has 3 rings (SSSR count). The van der Waals surface area contributed by atoms with Gasteiger partial charge in [0.1, 0.15) is 42.0 Å². The van der Waals surface area contributed by atoms with E-state index in [1.54, 1.807) is 0 Å². The van der Waals surface area contributed by atoms with Crippen molar-refractivity contribution in [1.29, 1.82) is 0 Å². The van der Waals surface area contributed by atoms with Gasteiger partial charge in [-0.25, -0.2) is 0 Å². The molecule has 0 spiro atoms. The van der Waals surface area contributed by atoms with E-state index in [0.29, 0.717) is 5.56 Å². The van der Waals surface area contributed by atoms with Crippen LogP contribution >= 0.6 is 11.6 Å². The predicted octanol–water partition coefficient (Wildman–Crippen LogP) is -2.14. The van der Waals surface area contributed by atoms with Crippen molar-refractivity contribution in [3.8, 4) is 23.0 Å². The Balaban J connectivity index is 1.97. The van der Waals surface area contributed by atoms with Crippen LogP contribution in [0.5, 0.6) is 23.0 Å². The van der Waals surface area contributed by atoms with Crippen LogP contribution in [0.1, 0.15) is 22.8 Å². The summed E-state index contributed by atoms with van der Waals surface area (Å²) in [6, 6.07) is 4.92. The van der Waals surface area contributed by atoms with Gasteiger partial charge in [-0.05, 0) is 17.7 Å². The second-order valence-electron chi connectivity index (χ2n) is 8.38. The van der Waals surface area contributed by atoms with Crippen LogP contribution in [0.3, 0.4) is 0 Å². The smallest absolute Gasteiger partial charge is 0.409 e. The molecule has 11 N–H and O–H groups in total. The first kappa shape index (κ1) is 29.1. The number of methoxy groups -OCH3 is 1. The van der Waals surface area contributed by atoms with Gasteiger partial charge in [0.2, 0.25) is 0 Å². The minimum Gasteiger partial charge on any atom is -0.507 e. The molecule has 1 heterocycles. The van der Waals surface area contributed by atoms with E-state index in [2.05, 4.69) is 4.74 Å². The molecule has 2 aromatic carbocycles. The van der Waals surface area contributed by atoms with Gasteiger partial charge in [-0.3, -0.25) is 0 Å². The summed E-state index contributed by atoms with van der Waals surface area (Å²) in [6.45, 7) is -0.695. The lowest BCUT2D eigenvalue weighted by molar-refractivity contribution is -0.502. The number of hydrogen-bond acceptors (Lipinski definition) is 14. The number of hydrogen-bond donors (Lipinski definition) is 11. The number of rotatable bonds is 8. The largest absolute Gasteiger partial charge is 0.507 e. The van der Waals surface area contributed by atoms with Crippen molar-refractivity contribution < 1.29 is 70.4 Å². The number of aliphatic hydroxyl groups is 8. The molecule has 37 heavy (non-hydrogen) atoms. The molecule has 1 saturated heterocycles. The molecule has 0 amide bonds. The van der Waals surface area contributed by atoms with Crippen molar-refractivity contribution in [2.24, 2.45) is 0 Å². The number of aliphatic hydroxyl groups excluding tert-OH is 3. The first-order valence-electron chi connectivity index (χ1n) is 10.6. The molecule has 1 aliphatic rings. The second kappa shape index (κ2) is 10.7. The van der Waals surface area contributed by atoms with Gasteiger partial charge >= 0.3 is 11.9 Å². The summed E-state index contributed by atoms with van der Waals surface area (Å²) < 4.78 is 15.1. The Bertz CT molecular complexity index is 1100. The van der Waals surface area contributed by atoms with Gasteiger partial charge in [-0.2, -0.15) is 0 Å². The van der Waals surface area contributed by atoms with E-state index in [9.17, 15) is 40.9 Å². The molecule has 0 aromatic heterocycles. The van der Waals surface area contributed by atoms with Gasteiger partial charge in [-0.15, -0.1) is 0 Å². The van der Waals surface area contributed by atoms with Crippen LogP contribution in [0, 0.1) is 0 Å². The third-order valence-corrected chi connectivity index (χ3v) is 6.32. The van der Waals surface area contributed by atoms with Gasteiger partial charge in [0.25, 0.3) is 0 Å². The highest BCUT2D eigenvalue weighted by Crippen LogP contribution is 2.51. The maximum atomic E-state index is 11.0. The van der Waals surface area contributed by atoms with E-state index < -0.39 is 76.9 Å². The van der Waals surface area contributed by atoms with Gasteiger partial charge < -0.3 is 70.4 Å². The maximum absolute atomic E-state index is 11.0. The van der Waals surface area contributed by atoms with Gasteiger partial charge in [0.05, 0.1) is 17.2 Å². The van der Waals surface area contributed by atoms with Gasteiger partial charge in [0.15, 0.2) is 11.5 Å². The van der Waals surface area contributed by atoms with Crippen molar-refractivity contribution in [2.45, 2.75) is 48.9 Å². The fourth-order valence-corrected chi connectivity index (χ4v) is 4.15. The van der Waals surface area contributed by atoms with Gasteiger partial charge in [-0.1, -0.05) is 23.7 Å². The van der Waals surface area contributed by atoms with E-state index in [-0.39, 0.29) is 17.7 Å². The Morgan fingerprint density at radius 3 is 2.03 bits per heavy atom. The lowest BCUT2D eigenvalue weighted by Gasteiger charge is -2.42. The van der Waals surface area contributed by atoms with Crippen molar-refractivity contribution >= 4 is 11.6 Å². The zero-order chi connectivity index (χ0) is 27.9. The molecule has 0 radical (unpaired) electrons. The predicted molar refractivity (Wildman–Crippen MR) is 120 cm³/mol. The summed E-state index contributed by atoms with van der Waals surface area (Å²) in [7, 11) is 1.19. The highest BCUT2D eigenvalue weighted by molar-refractivity contribution is 6.33. The normalized spacial score (nSPS) is 24.8. The van der Waals surface area contributed by atoms with E-state index in [0.717, 1.165) is 12.1 Å². The topological polar surface area (TPSA) is 250 Å². The Hall–Kier alpha value is -2.47. The number of benzene rings is 2. The Kier molecular flexibility index (Phi) is 8.43. The summed E-state index contributed by atoms with van der Waals surface area (Å²) in [5, 5.41) is 108. The lowest BCUT2D eigenvalue weighted by atomic mass is 9.88. The molecule has 5 atom stereocenters. The molecule has 2 aromatic rings. The summed E-state index contributed by atoms with van der Waals surface area (Å²) in [5.41, 5.74) is -0.239. The van der Waals surface area contributed by atoms with Crippen LogP contribution in [0.25, 0.3) is 0 Å². The van der Waals surface area contributed by atoms with Crippen LogP contribution in [0.2, 0.25) is 5.02 Å². The molecule has 206 valence electrons. The Morgan fingerprint density at radius 1 is 0.919 bits per heavy atom. The molecule has 1 fully saturated rings. The second-order valence-corrected chi connectivity index (χ2v) is 8.76. The third-order valence-electron chi connectivity index (χ3n) is 5.92. The minimum absolute atomic E-state index is 0.129. The zero-order valence-corrected chi connectivity index (χ0v) is 19.9. The lowest BCUT2D eigenvalue weighted by Crippen LogP contribution is -2.58. The van der Waals surface area contributed by atoms with Crippen LogP contribution in [0.15, 0.2) is 24.3 Å². The van der Waals surface area contributed by atoms with E-state index in [1.807, 2.05) is 0 Å². The average molecular weight is 551 g/mol. The number of phenolic OH excluding ortho intramolecular Hbond substituents is 3. The molecule has 0 aliphatic carbocycles. The van der Waals surface area contributed by atoms with Crippen molar-refractivity contribution in [1.82, 2.24) is 0 Å². The maximum Gasteiger partial charge on any atom is 0.409 e. The van der Waals surface area contributed by atoms with Crippen LogP contribution in [-0.4, -0.2) is 106 Å². The number of halogens is 1. The molecule has 0 bridgehead atoms. The van der Waals surface area contributed by atoms with Crippen molar-refractivity contribution in [3.63, 3.8) is 0 Å². The first-order valence-corrected chi connectivity index (χ1v) is 11.0. The summed E-state index contributed by atoms with van der Waals surface area (Å²) >= 11 is 6.15. The summed E-state index contributed by atoms with van der Waals surface area (Å²) in [6.07, 6.45) is -7.44. The Morgan fingerprint density at radius 2 is 1.51 bits per heavy atom. The highest BCUT2D eigenvalue weighted by Gasteiger charge is 2.50. The average Bonchev–Trinajstić information content (AvgIpc) is 2.82. The van der Waals surface area contributed by atoms with E-state index in [4.69, 9.17) is 36.4 Å². The fourth-order valence-electron chi connectivity index (χ4n) is 3.90. The third kappa shape index (κ3) is 5.55. The van der Waals surface area contributed by atoms with E-state index >= 15 is 0 Å². The molecule has 1 aliphatic heterocycles. The van der Waals surface area contributed by atoms with Crippen molar-refractivity contribution in [2.75, 3.05) is 13.7 Å². The minimum atomic E-state index is -4.00. The SMILES string of the molecule is COC1C(O)C(CO)OC(c2c(O)c(O)c(Cl)c(Cc3ccc(OC(O)(O)C(O)(O)O)cc3)c2O)C1O. The van der Waals surface area contributed by atoms with Gasteiger partial charge in [0, 0.05) is 19.1 Å². The zero-order valence-electron chi connectivity index (χ0n) is 19.1. The number of aromatic hydroxyl groups is 3. The van der Waals surface area contributed by atoms with Crippen LogP contribution < -0.4 is 4.74 Å². The monoisotopic (exact) mass is 550 g/mol. The van der Waals surface area contributed by atoms with Crippen LogP contribution in [0.4, 0.5) is 0 Å². The Labute approximate surface area is 214 Å². The molecular weight excluding hydrogens is 524 g/mol. The molecular formula is C22H27ClO14. The fraction of sp³-hybridized carbons (Fsp3) is 0.455.